The normalized spacial score (nSPS) is 21.8. The number of hydrogen-bond acceptors (Lipinski definition) is 3. The highest BCUT2D eigenvalue weighted by molar-refractivity contribution is 5.23. The first kappa shape index (κ1) is 15.5. The van der Waals surface area contributed by atoms with E-state index in [9.17, 15) is 10.2 Å². The molecule has 1 aliphatic rings. The van der Waals surface area contributed by atoms with Crippen molar-refractivity contribution in [2.45, 2.75) is 57.3 Å². The summed E-state index contributed by atoms with van der Waals surface area (Å²) in [4.78, 5) is 0. The van der Waals surface area contributed by atoms with Crippen molar-refractivity contribution < 1.29 is 10.2 Å². The van der Waals surface area contributed by atoms with Crippen LogP contribution in [0.15, 0.2) is 30.3 Å². The van der Waals surface area contributed by atoms with Gasteiger partial charge in [-0.25, -0.2) is 0 Å². The van der Waals surface area contributed by atoms with Crippen LogP contribution in [0, 0.1) is 5.92 Å². The average Bonchev–Trinajstić information content (AvgIpc) is 2.37. The van der Waals surface area contributed by atoms with Gasteiger partial charge in [0.15, 0.2) is 0 Å². The second-order valence-electron chi connectivity index (χ2n) is 6.40. The van der Waals surface area contributed by atoms with Gasteiger partial charge in [-0.2, -0.15) is 0 Å². The van der Waals surface area contributed by atoms with Gasteiger partial charge in [-0.15, -0.1) is 0 Å². The second kappa shape index (κ2) is 6.70. The zero-order valence-electron chi connectivity index (χ0n) is 12.5. The van der Waals surface area contributed by atoms with Gasteiger partial charge < -0.3 is 15.5 Å². The van der Waals surface area contributed by atoms with E-state index in [0.29, 0.717) is 5.92 Å². The van der Waals surface area contributed by atoms with Crippen molar-refractivity contribution in [3.63, 3.8) is 0 Å². The summed E-state index contributed by atoms with van der Waals surface area (Å²) in [6, 6.07) is 10.2. The Hall–Kier alpha value is -0.900. The van der Waals surface area contributed by atoms with E-state index in [-0.39, 0.29) is 12.1 Å². The van der Waals surface area contributed by atoms with Gasteiger partial charge in [-0.1, -0.05) is 37.3 Å². The average molecular weight is 277 g/mol. The van der Waals surface area contributed by atoms with Gasteiger partial charge in [-0.3, -0.25) is 0 Å². The molecule has 3 atom stereocenters. The Morgan fingerprint density at radius 1 is 1.20 bits per heavy atom. The van der Waals surface area contributed by atoms with Crippen LogP contribution in [-0.4, -0.2) is 28.5 Å². The Morgan fingerprint density at radius 3 is 2.35 bits per heavy atom. The van der Waals surface area contributed by atoms with Crippen LogP contribution in [0.2, 0.25) is 0 Å². The van der Waals surface area contributed by atoms with E-state index < -0.39 is 5.60 Å². The maximum Gasteiger partial charge on any atom is 0.0841 e. The molecule has 3 heteroatoms. The van der Waals surface area contributed by atoms with Crippen LogP contribution in [0.3, 0.4) is 0 Å². The number of hydrogen-bond donors (Lipinski definition) is 3. The Balaban J connectivity index is 2.01. The van der Waals surface area contributed by atoms with E-state index in [1.54, 1.807) is 0 Å². The first-order valence-corrected chi connectivity index (χ1v) is 7.70. The molecule has 1 aromatic rings. The van der Waals surface area contributed by atoms with Crippen LogP contribution < -0.4 is 5.32 Å². The van der Waals surface area contributed by atoms with Crippen molar-refractivity contribution in [3.8, 4) is 0 Å². The number of rotatable bonds is 7. The maximum atomic E-state index is 10.7. The van der Waals surface area contributed by atoms with Gasteiger partial charge in [0, 0.05) is 0 Å². The van der Waals surface area contributed by atoms with Crippen molar-refractivity contribution in [1.82, 2.24) is 5.32 Å². The summed E-state index contributed by atoms with van der Waals surface area (Å²) in [5.41, 5.74) is 0.547. The fourth-order valence-corrected chi connectivity index (χ4v) is 3.08. The molecule has 0 heterocycles. The molecule has 0 saturated heterocycles. The van der Waals surface area contributed by atoms with Crippen molar-refractivity contribution >= 4 is 0 Å². The highest BCUT2D eigenvalue weighted by atomic mass is 16.3. The van der Waals surface area contributed by atoms with Crippen LogP contribution in [-0.2, 0) is 0 Å². The molecule has 1 saturated carbocycles. The lowest BCUT2D eigenvalue weighted by Crippen LogP contribution is -2.49. The molecule has 0 bridgehead atoms. The molecule has 0 aliphatic heterocycles. The molecule has 0 amide bonds. The molecule has 0 spiro atoms. The van der Waals surface area contributed by atoms with E-state index in [0.717, 1.165) is 37.8 Å². The summed E-state index contributed by atoms with van der Waals surface area (Å²) in [6.45, 7) is 4.77. The van der Waals surface area contributed by atoms with Gasteiger partial charge >= 0.3 is 0 Å². The van der Waals surface area contributed by atoms with Gasteiger partial charge in [0.25, 0.3) is 0 Å². The topological polar surface area (TPSA) is 52.5 Å². The standard InChI is InChI=1S/C17H27NO2/c1-13(11-14(2)19)12-18-16(17(20)9-6-10-17)15-7-4-3-5-8-15/h3-5,7-8,13-14,16,18-20H,6,9-12H2,1-2H3. The second-order valence-corrected chi connectivity index (χ2v) is 6.40. The minimum Gasteiger partial charge on any atom is -0.393 e. The lowest BCUT2D eigenvalue weighted by atomic mass is 9.72. The fourth-order valence-electron chi connectivity index (χ4n) is 3.08. The SMILES string of the molecule is CC(O)CC(C)CNC(c1ccccc1)C1(O)CCC1. The van der Waals surface area contributed by atoms with Crippen LogP contribution in [0.25, 0.3) is 0 Å². The van der Waals surface area contributed by atoms with Gasteiger partial charge in [0.2, 0.25) is 0 Å². The van der Waals surface area contributed by atoms with Crippen LogP contribution >= 0.6 is 0 Å². The molecule has 3 nitrogen and oxygen atoms in total. The Labute approximate surface area is 122 Å². The summed E-state index contributed by atoms with van der Waals surface area (Å²) in [5.74, 6) is 0.393. The molecule has 0 aromatic heterocycles. The van der Waals surface area contributed by atoms with Crippen molar-refractivity contribution in [3.05, 3.63) is 35.9 Å². The molecule has 3 unspecified atom stereocenters. The monoisotopic (exact) mass is 277 g/mol. The molecule has 1 aromatic carbocycles. The van der Waals surface area contributed by atoms with Crippen molar-refractivity contribution in [2.75, 3.05) is 6.54 Å². The number of aliphatic hydroxyl groups is 2. The third kappa shape index (κ3) is 3.81. The Kier molecular flexibility index (Phi) is 5.19. The summed E-state index contributed by atoms with van der Waals surface area (Å²) >= 11 is 0. The van der Waals surface area contributed by atoms with Crippen LogP contribution in [0.5, 0.6) is 0 Å². The lowest BCUT2D eigenvalue weighted by Gasteiger charge is -2.44. The highest BCUT2D eigenvalue weighted by Gasteiger charge is 2.42. The van der Waals surface area contributed by atoms with Crippen molar-refractivity contribution in [1.29, 1.82) is 0 Å². The van der Waals surface area contributed by atoms with E-state index >= 15 is 0 Å². The predicted octanol–water partition coefficient (Wildman–Crippen LogP) is 2.64. The molecule has 112 valence electrons. The van der Waals surface area contributed by atoms with E-state index in [1.165, 1.54) is 0 Å². The number of nitrogens with one attached hydrogen (secondary N) is 1. The van der Waals surface area contributed by atoms with Gasteiger partial charge in [-0.05, 0) is 50.6 Å². The largest absolute Gasteiger partial charge is 0.393 e. The quantitative estimate of drug-likeness (QED) is 0.718. The molecule has 0 radical (unpaired) electrons. The van der Waals surface area contributed by atoms with Gasteiger partial charge in [0.05, 0.1) is 17.7 Å². The molecule has 1 fully saturated rings. The van der Waals surface area contributed by atoms with E-state index in [1.807, 2.05) is 25.1 Å². The minimum absolute atomic E-state index is 0.00565. The minimum atomic E-state index is -0.605. The summed E-state index contributed by atoms with van der Waals surface area (Å²) in [5, 5.41) is 23.7. The summed E-state index contributed by atoms with van der Waals surface area (Å²) < 4.78 is 0. The first-order valence-electron chi connectivity index (χ1n) is 7.70. The molecule has 20 heavy (non-hydrogen) atoms. The maximum absolute atomic E-state index is 10.7. The Bertz CT molecular complexity index is 401. The lowest BCUT2D eigenvalue weighted by molar-refractivity contribution is -0.0672. The first-order chi connectivity index (χ1) is 9.51. The van der Waals surface area contributed by atoms with E-state index in [4.69, 9.17) is 0 Å². The molecule has 2 rings (SSSR count). The highest BCUT2D eigenvalue weighted by Crippen LogP contribution is 2.42. The predicted molar refractivity (Wildman–Crippen MR) is 81.4 cm³/mol. The number of aliphatic hydroxyl groups excluding tert-OH is 1. The summed E-state index contributed by atoms with van der Waals surface area (Å²) in [7, 11) is 0. The van der Waals surface area contributed by atoms with E-state index in [2.05, 4.69) is 24.4 Å². The molecule has 1 aliphatic carbocycles. The third-order valence-electron chi connectivity index (χ3n) is 4.30. The van der Waals surface area contributed by atoms with Crippen molar-refractivity contribution in [2.24, 2.45) is 5.92 Å². The molecular weight excluding hydrogens is 250 g/mol. The fraction of sp³-hybridized carbons (Fsp3) is 0.647. The van der Waals surface area contributed by atoms with Gasteiger partial charge in [0.1, 0.15) is 0 Å². The molecular formula is C17H27NO2. The Morgan fingerprint density at radius 2 is 1.85 bits per heavy atom. The third-order valence-corrected chi connectivity index (χ3v) is 4.30. The smallest absolute Gasteiger partial charge is 0.0841 e. The number of benzene rings is 1. The van der Waals surface area contributed by atoms with Crippen LogP contribution in [0.1, 0.15) is 51.1 Å². The zero-order chi connectivity index (χ0) is 14.6. The molecule has 3 N–H and O–H groups in total. The van der Waals surface area contributed by atoms with Crippen LogP contribution in [0.4, 0.5) is 0 Å². The summed E-state index contributed by atoms with van der Waals surface area (Å²) in [6.07, 6.45) is 3.35. The zero-order valence-corrected chi connectivity index (χ0v) is 12.5.